The summed E-state index contributed by atoms with van der Waals surface area (Å²) in [6.45, 7) is 16.1. The van der Waals surface area contributed by atoms with Crippen LogP contribution >= 0.6 is 0 Å². The molecule has 0 radical (unpaired) electrons. The van der Waals surface area contributed by atoms with Gasteiger partial charge in [0.05, 0.1) is 6.54 Å². The zero-order chi connectivity index (χ0) is 29.2. The Kier molecular flexibility index (Phi) is 16.7. The number of aliphatic carboxylic acids is 1. The lowest BCUT2D eigenvalue weighted by molar-refractivity contribution is -0.138. The average molecular weight is 560 g/mol. The summed E-state index contributed by atoms with van der Waals surface area (Å²) >= 11 is 0. The first-order valence-electron chi connectivity index (χ1n) is 15.3. The highest BCUT2D eigenvalue weighted by Crippen LogP contribution is 2.09. The molecule has 1 aliphatic heterocycles. The predicted molar refractivity (Wildman–Crippen MR) is 161 cm³/mol. The smallest absolute Gasteiger partial charge is 0.317 e. The maximum atomic E-state index is 12.7. The normalized spacial score (nSPS) is 18.0. The summed E-state index contributed by atoms with van der Waals surface area (Å²) in [7, 11) is 0. The SMILES string of the molecule is CCN1CCN(CC)CCN(CC(=O)O)CCN(CCC(=O)CCCCCC(C)NC(=O)c2ccccc2)CC1. The Bertz CT molecular complexity index is 869. The number of carboxylic acids is 1. The molecule has 0 aromatic heterocycles. The summed E-state index contributed by atoms with van der Waals surface area (Å²) in [5.74, 6) is -0.534. The number of carboxylic acid groups (broad SMARTS) is 1. The van der Waals surface area contributed by atoms with E-state index in [1.165, 1.54) is 0 Å². The summed E-state index contributed by atoms with van der Waals surface area (Å²) < 4.78 is 0. The number of amides is 1. The molecule has 1 saturated heterocycles. The standard InChI is InChI=1S/C31H53N5O4/c1-4-33-18-19-34(5-2)21-24-36(26-30(38)39)25-23-35(22-20-33)17-16-29(37)15-11-6-8-12-27(3)32-31(40)28-13-9-7-10-14-28/h7,9-10,13-14,27H,4-6,8,11-12,15-26H2,1-3H3,(H,32,40)(H,38,39). The van der Waals surface area contributed by atoms with Crippen molar-refractivity contribution >= 4 is 17.7 Å². The number of unbranched alkanes of at least 4 members (excludes halogenated alkanes) is 2. The van der Waals surface area contributed by atoms with Gasteiger partial charge in [0.25, 0.3) is 5.91 Å². The van der Waals surface area contributed by atoms with Crippen LogP contribution in [0.4, 0.5) is 0 Å². The van der Waals surface area contributed by atoms with E-state index in [1.807, 2.05) is 42.2 Å². The molecule has 0 saturated carbocycles. The highest BCUT2D eigenvalue weighted by Gasteiger charge is 2.17. The van der Waals surface area contributed by atoms with Gasteiger partial charge in [-0.2, -0.15) is 0 Å². The summed E-state index contributed by atoms with van der Waals surface area (Å²) in [5, 5.41) is 12.4. The molecule has 1 atom stereocenters. The van der Waals surface area contributed by atoms with E-state index in [9.17, 15) is 19.5 Å². The fourth-order valence-corrected chi connectivity index (χ4v) is 5.11. The molecule has 1 aliphatic rings. The van der Waals surface area contributed by atoms with Crippen LogP contribution in [0.15, 0.2) is 30.3 Å². The maximum absolute atomic E-state index is 12.7. The Morgan fingerprint density at radius 3 is 1.88 bits per heavy atom. The van der Waals surface area contributed by atoms with E-state index < -0.39 is 5.97 Å². The van der Waals surface area contributed by atoms with Gasteiger partial charge in [0, 0.05) is 83.3 Å². The first-order valence-corrected chi connectivity index (χ1v) is 15.3. The van der Waals surface area contributed by atoms with Crippen molar-refractivity contribution in [3.05, 3.63) is 35.9 Å². The molecule has 1 heterocycles. The maximum Gasteiger partial charge on any atom is 0.317 e. The Morgan fingerprint density at radius 1 is 0.775 bits per heavy atom. The third-order valence-corrected chi connectivity index (χ3v) is 7.90. The van der Waals surface area contributed by atoms with Crippen molar-refractivity contribution in [2.75, 3.05) is 78.5 Å². The number of hydrogen-bond acceptors (Lipinski definition) is 7. The van der Waals surface area contributed by atoms with Crippen LogP contribution < -0.4 is 5.32 Å². The van der Waals surface area contributed by atoms with E-state index in [4.69, 9.17) is 0 Å². The largest absolute Gasteiger partial charge is 0.480 e. The van der Waals surface area contributed by atoms with E-state index in [0.717, 1.165) is 91.1 Å². The van der Waals surface area contributed by atoms with Gasteiger partial charge in [-0.05, 0) is 45.0 Å². The van der Waals surface area contributed by atoms with Gasteiger partial charge >= 0.3 is 5.97 Å². The number of benzene rings is 1. The van der Waals surface area contributed by atoms with Crippen LogP contribution in [0.5, 0.6) is 0 Å². The summed E-state index contributed by atoms with van der Waals surface area (Å²) in [4.78, 5) is 45.6. The first-order chi connectivity index (χ1) is 19.3. The monoisotopic (exact) mass is 559 g/mol. The van der Waals surface area contributed by atoms with E-state index in [-0.39, 0.29) is 18.5 Å². The van der Waals surface area contributed by atoms with Crippen LogP contribution in [0, 0.1) is 0 Å². The van der Waals surface area contributed by atoms with Crippen LogP contribution in [-0.2, 0) is 9.59 Å². The molecule has 1 aromatic carbocycles. The van der Waals surface area contributed by atoms with E-state index in [1.54, 1.807) is 0 Å². The minimum Gasteiger partial charge on any atom is -0.480 e. The second-order valence-electron chi connectivity index (χ2n) is 11.0. The number of likely N-dealkylation sites (N-methyl/N-ethyl adjacent to an activating group) is 2. The summed E-state index contributed by atoms with van der Waals surface area (Å²) in [6.07, 6.45) is 4.87. The van der Waals surface area contributed by atoms with Crippen molar-refractivity contribution in [2.45, 2.75) is 65.3 Å². The molecule has 0 spiro atoms. The second-order valence-corrected chi connectivity index (χ2v) is 11.0. The fourth-order valence-electron chi connectivity index (χ4n) is 5.11. The lowest BCUT2D eigenvalue weighted by atomic mass is 10.1. The summed E-state index contributed by atoms with van der Waals surface area (Å²) in [5.41, 5.74) is 0.678. The van der Waals surface area contributed by atoms with E-state index in [0.29, 0.717) is 30.7 Å². The molecule has 2 N–H and O–H groups in total. The van der Waals surface area contributed by atoms with E-state index in [2.05, 4.69) is 33.9 Å². The van der Waals surface area contributed by atoms with E-state index >= 15 is 0 Å². The van der Waals surface area contributed by atoms with Gasteiger partial charge in [-0.1, -0.05) is 44.9 Å². The van der Waals surface area contributed by atoms with Crippen LogP contribution in [-0.4, -0.2) is 127 Å². The van der Waals surface area contributed by atoms with Crippen molar-refractivity contribution in [1.82, 2.24) is 24.9 Å². The molecule has 1 amide bonds. The van der Waals surface area contributed by atoms with Crippen LogP contribution in [0.25, 0.3) is 0 Å². The van der Waals surface area contributed by atoms with Crippen LogP contribution in [0.3, 0.4) is 0 Å². The van der Waals surface area contributed by atoms with Crippen molar-refractivity contribution in [1.29, 1.82) is 0 Å². The van der Waals surface area contributed by atoms with Crippen molar-refractivity contribution in [3.63, 3.8) is 0 Å². The molecule has 226 valence electrons. The van der Waals surface area contributed by atoms with Gasteiger partial charge in [0.2, 0.25) is 0 Å². The number of hydrogen-bond donors (Lipinski definition) is 2. The minimum atomic E-state index is -0.790. The summed E-state index contributed by atoms with van der Waals surface area (Å²) in [6, 6.07) is 9.37. The third kappa shape index (κ3) is 14.3. The number of rotatable bonds is 15. The Balaban J connectivity index is 1.72. The number of nitrogens with one attached hydrogen (secondary N) is 1. The third-order valence-electron chi connectivity index (χ3n) is 7.90. The number of ketones is 1. The van der Waals surface area contributed by atoms with Crippen LogP contribution in [0.2, 0.25) is 0 Å². The van der Waals surface area contributed by atoms with Gasteiger partial charge in [0.15, 0.2) is 0 Å². The quantitative estimate of drug-likeness (QED) is 0.317. The molecular formula is C31H53N5O4. The van der Waals surface area contributed by atoms with Gasteiger partial charge in [-0.3, -0.25) is 19.3 Å². The number of carbonyl (C=O) groups excluding carboxylic acids is 2. The van der Waals surface area contributed by atoms with Gasteiger partial charge in [-0.15, -0.1) is 0 Å². The second kappa shape index (κ2) is 19.7. The molecule has 9 heteroatoms. The first kappa shape index (κ1) is 33.9. The molecule has 0 bridgehead atoms. The highest BCUT2D eigenvalue weighted by atomic mass is 16.4. The minimum absolute atomic E-state index is 0.0407. The lowest BCUT2D eigenvalue weighted by Crippen LogP contribution is -2.47. The number of carbonyl (C=O) groups is 3. The Hall–Kier alpha value is -2.33. The molecule has 1 fully saturated rings. The molecular weight excluding hydrogens is 506 g/mol. The van der Waals surface area contributed by atoms with Crippen molar-refractivity contribution in [2.24, 2.45) is 0 Å². The average Bonchev–Trinajstić information content (AvgIpc) is 2.94. The number of nitrogens with zero attached hydrogens (tertiary/aromatic N) is 4. The van der Waals surface area contributed by atoms with Crippen molar-refractivity contribution < 1.29 is 19.5 Å². The molecule has 1 unspecified atom stereocenters. The zero-order valence-corrected chi connectivity index (χ0v) is 25.2. The zero-order valence-electron chi connectivity index (χ0n) is 25.2. The van der Waals surface area contributed by atoms with Crippen molar-refractivity contribution in [3.8, 4) is 0 Å². The highest BCUT2D eigenvalue weighted by molar-refractivity contribution is 5.94. The fraction of sp³-hybridized carbons (Fsp3) is 0.710. The predicted octanol–water partition coefficient (Wildman–Crippen LogP) is 3.06. The van der Waals surface area contributed by atoms with Gasteiger partial charge in [-0.25, -0.2) is 0 Å². The topological polar surface area (TPSA) is 96.4 Å². The molecule has 1 aromatic rings. The molecule has 2 rings (SSSR count). The van der Waals surface area contributed by atoms with Gasteiger partial charge in [0.1, 0.15) is 5.78 Å². The molecule has 0 aliphatic carbocycles. The Labute approximate surface area is 241 Å². The molecule has 40 heavy (non-hydrogen) atoms. The molecule has 9 nitrogen and oxygen atoms in total. The van der Waals surface area contributed by atoms with Crippen LogP contribution in [0.1, 0.15) is 69.7 Å². The number of Topliss-reactive ketones (excluding diaryl/α,β-unsaturated/α-hetero) is 1. The van der Waals surface area contributed by atoms with Gasteiger partial charge < -0.3 is 25.1 Å². The lowest BCUT2D eigenvalue weighted by Gasteiger charge is -2.33. The Morgan fingerprint density at radius 2 is 1.32 bits per heavy atom.